The predicted molar refractivity (Wildman–Crippen MR) is 70.6 cm³/mol. The van der Waals surface area contributed by atoms with Crippen LogP contribution in [0.4, 0.5) is 15.6 Å². The van der Waals surface area contributed by atoms with E-state index in [0.717, 1.165) is 3.79 Å². The molecule has 0 unspecified atom stereocenters. The molecule has 1 heterocycles. The normalized spacial score (nSPS) is 9.94. The lowest BCUT2D eigenvalue weighted by Gasteiger charge is -2.05. The van der Waals surface area contributed by atoms with Gasteiger partial charge in [0.25, 0.3) is 0 Å². The zero-order valence-electron chi connectivity index (χ0n) is 8.48. The molecule has 0 fully saturated rings. The highest BCUT2D eigenvalue weighted by Gasteiger charge is 2.05. The Bertz CT molecular complexity index is 544. The lowest BCUT2D eigenvalue weighted by molar-refractivity contribution is 0.262. The van der Waals surface area contributed by atoms with E-state index in [9.17, 15) is 9.90 Å². The molecule has 0 spiro atoms. The summed E-state index contributed by atoms with van der Waals surface area (Å²) in [6.07, 6.45) is 1.61. The highest BCUT2D eigenvalue weighted by molar-refractivity contribution is 9.11. The molecular weight excluding hydrogens is 306 g/mol. The number of halogens is 1. The summed E-state index contributed by atoms with van der Waals surface area (Å²) in [6, 6.07) is 5.90. The maximum atomic E-state index is 11.5. The smallest absolute Gasteiger partial charge is 0.325 e. The molecule has 0 saturated carbocycles. The lowest BCUT2D eigenvalue weighted by Crippen LogP contribution is -2.19. The van der Waals surface area contributed by atoms with Crippen molar-refractivity contribution in [3.05, 3.63) is 34.2 Å². The van der Waals surface area contributed by atoms with Gasteiger partial charge in [-0.15, -0.1) is 0 Å². The van der Waals surface area contributed by atoms with Gasteiger partial charge in [0.2, 0.25) is 0 Å². The second kappa shape index (κ2) is 5.15. The number of rotatable bonds is 2. The largest absolute Gasteiger partial charge is 0.508 e. The summed E-state index contributed by atoms with van der Waals surface area (Å²) in [5.41, 5.74) is 0.512. The second-order valence-electron chi connectivity index (χ2n) is 3.10. The summed E-state index contributed by atoms with van der Waals surface area (Å²) in [6.45, 7) is 0. The Labute approximate surface area is 110 Å². The Balaban J connectivity index is 1.98. The minimum absolute atomic E-state index is 0.0970. The van der Waals surface area contributed by atoms with Crippen LogP contribution >= 0.6 is 27.3 Å². The molecule has 1 aromatic carbocycles. The number of amides is 2. The topological polar surface area (TPSA) is 74.2 Å². The average Bonchev–Trinajstić information content (AvgIpc) is 2.63. The molecule has 0 saturated heterocycles. The molecule has 2 amide bonds. The third-order valence-electron chi connectivity index (χ3n) is 1.80. The van der Waals surface area contributed by atoms with Crippen LogP contribution in [0.5, 0.6) is 5.75 Å². The van der Waals surface area contributed by atoms with Crippen molar-refractivity contribution in [3.63, 3.8) is 0 Å². The maximum Gasteiger partial charge on any atom is 0.325 e. The SMILES string of the molecule is O=C(Nc1cccc(O)c1)Nc1ncc(Br)s1. The first-order chi connectivity index (χ1) is 8.13. The van der Waals surface area contributed by atoms with E-state index in [1.165, 1.54) is 23.5 Å². The van der Waals surface area contributed by atoms with Gasteiger partial charge in [0, 0.05) is 11.8 Å². The zero-order valence-corrected chi connectivity index (χ0v) is 10.9. The van der Waals surface area contributed by atoms with Gasteiger partial charge in [0.1, 0.15) is 5.75 Å². The number of nitrogens with zero attached hydrogens (tertiary/aromatic N) is 1. The van der Waals surface area contributed by atoms with Crippen LogP contribution in [0, 0.1) is 0 Å². The van der Waals surface area contributed by atoms with Crippen molar-refractivity contribution in [1.29, 1.82) is 0 Å². The van der Waals surface area contributed by atoms with Gasteiger partial charge in [-0.25, -0.2) is 9.78 Å². The highest BCUT2D eigenvalue weighted by Crippen LogP contribution is 2.23. The molecule has 17 heavy (non-hydrogen) atoms. The quantitative estimate of drug-likeness (QED) is 0.796. The number of carbonyl (C=O) groups excluding carboxylic acids is 1. The molecule has 0 radical (unpaired) electrons. The van der Waals surface area contributed by atoms with Crippen molar-refractivity contribution in [2.24, 2.45) is 0 Å². The van der Waals surface area contributed by atoms with Crippen LogP contribution in [0.3, 0.4) is 0 Å². The number of hydrogen-bond donors (Lipinski definition) is 3. The molecule has 2 rings (SSSR count). The number of nitrogens with one attached hydrogen (secondary N) is 2. The number of phenols is 1. The number of urea groups is 1. The summed E-state index contributed by atoms with van der Waals surface area (Å²) in [7, 11) is 0. The molecule has 7 heteroatoms. The standard InChI is InChI=1S/C10H8BrN3O2S/c11-8-5-12-10(17-8)14-9(16)13-6-2-1-3-7(15)4-6/h1-5,15H,(H2,12,13,14,16). The van der Waals surface area contributed by atoms with Crippen molar-refractivity contribution < 1.29 is 9.90 Å². The number of aromatic hydroxyl groups is 1. The fourth-order valence-electron chi connectivity index (χ4n) is 1.16. The Hall–Kier alpha value is -1.60. The Morgan fingerprint density at radius 2 is 2.24 bits per heavy atom. The second-order valence-corrected chi connectivity index (χ2v) is 5.51. The van der Waals surface area contributed by atoms with Gasteiger partial charge in [0.05, 0.1) is 9.98 Å². The number of phenolic OH excluding ortho intramolecular Hbond substituents is 1. The third-order valence-corrected chi connectivity index (χ3v) is 3.19. The first-order valence-corrected chi connectivity index (χ1v) is 6.23. The molecule has 0 aliphatic rings. The minimum atomic E-state index is -0.405. The van der Waals surface area contributed by atoms with E-state index in [-0.39, 0.29) is 5.75 Å². The fourth-order valence-corrected chi connectivity index (χ4v) is 2.26. The van der Waals surface area contributed by atoms with Crippen LogP contribution in [0.15, 0.2) is 34.2 Å². The van der Waals surface area contributed by atoms with Crippen molar-refractivity contribution in [2.75, 3.05) is 10.6 Å². The van der Waals surface area contributed by atoms with Crippen LogP contribution < -0.4 is 10.6 Å². The summed E-state index contributed by atoms with van der Waals surface area (Å²) in [5, 5.41) is 14.9. The summed E-state index contributed by atoms with van der Waals surface area (Å²) in [5.74, 6) is 0.0970. The van der Waals surface area contributed by atoms with Crippen LogP contribution in [0.1, 0.15) is 0 Å². The third kappa shape index (κ3) is 3.43. The van der Waals surface area contributed by atoms with Crippen LogP contribution in [-0.2, 0) is 0 Å². The molecule has 0 bridgehead atoms. The predicted octanol–water partition coefficient (Wildman–Crippen LogP) is 3.26. The fraction of sp³-hybridized carbons (Fsp3) is 0. The highest BCUT2D eigenvalue weighted by atomic mass is 79.9. The molecule has 0 aliphatic carbocycles. The van der Waals surface area contributed by atoms with Crippen molar-refractivity contribution >= 4 is 44.1 Å². The van der Waals surface area contributed by atoms with Gasteiger partial charge in [-0.05, 0) is 28.1 Å². The first-order valence-electron chi connectivity index (χ1n) is 4.62. The van der Waals surface area contributed by atoms with Gasteiger partial charge in [0.15, 0.2) is 5.13 Å². The van der Waals surface area contributed by atoms with Gasteiger partial charge < -0.3 is 10.4 Å². The molecule has 0 aliphatic heterocycles. The van der Waals surface area contributed by atoms with Crippen molar-refractivity contribution in [3.8, 4) is 5.75 Å². The van der Waals surface area contributed by atoms with E-state index in [1.807, 2.05) is 0 Å². The Kier molecular flexibility index (Phi) is 3.60. The average molecular weight is 314 g/mol. The van der Waals surface area contributed by atoms with E-state index in [4.69, 9.17) is 0 Å². The van der Waals surface area contributed by atoms with E-state index >= 15 is 0 Å². The Morgan fingerprint density at radius 1 is 1.41 bits per heavy atom. The van der Waals surface area contributed by atoms with Crippen LogP contribution in [0.2, 0.25) is 0 Å². The Morgan fingerprint density at radius 3 is 2.88 bits per heavy atom. The van der Waals surface area contributed by atoms with E-state index in [2.05, 4.69) is 31.5 Å². The van der Waals surface area contributed by atoms with Crippen molar-refractivity contribution in [1.82, 2.24) is 4.98 Å². The number of aromatic nitrogens is 1. The summed E-state index contributed by atoms with van der Waals surface area (Å²) >= 11 is 4.56. The molecule has 3 N–H and O–H groups in total. The first kappa shape index (κ1) is 11.9. The molecule has 0 atom stereocenters. The van der Waals surface area contributed by atoms with E-state index < -0.39 is 6.03 Å². The number of thiazole rings is 1. The molecule has 5 nitrogen and oxygen atoms in total. The number of hydrogen-bond acceptors (Lipinski definition) is 4. The van der Waals surface area contributed by atoms with Gasteiger partial charge in [-0.3, -0.25) is 5.32 Å². The van der Waals surface area contributed by atoms with E-state index in [1.54, 1.807) is 18.3 Å². The van der Waals surface area contributed by atoms with Crippen LogP contribution in [0.25, 0.3) is 0 Å². The van der Waals surface area contributed by atoms with Gasteiger partial charge in [-0.2, -0.15) is 0 Å². The zero-order chi connectivity index (χ0) is 12.3. The van der Waals surface area contributed by atoms with Crippen molar-refractivity contribution in [2.45, 2.75) is 0 Å². The maximum absolute atomic E-state index is 11.5. The van der Waals surface area contributed by atoms with Crippen LogP contribution in [-0.4, -0.2) is 16.1 Å². The number of anilines is 2. The monoisotopic (exact) mass is 313 g/mol. The molecule has 1 aromatic heterocycles. The molecule has 88 valence electrons. The summed E-state index contributed by atoms with van der Waals surface area (Å²) < 4.78 is 0.838. The number of benzene rings is 1. The minimum Gasteiger partial charge on any atom is -0.508 e. The molecule has 2 aromatic rings. The van der Waals surface area contributed by atoms with Gasteiger partial charge in [-0.1, -0.05) is 17.4 Å². The summed E-state index contributed by atoms with van der Waals surface area (Å²) in [4.78, 5) is 15.5. The number of carbonyl (C=O) groups is 1. The molecular formula is C10H8BrN3O2S. The van der Waals surface area contributed by atoms with E-state index in [0.29, 0.717) is 10.8 Å². The van der Waals surface area contributed by atoms with Gasteiger partial charge >= 0.3 is 6.03 Å². The lowest BCUT2D eigenvalue weighted by atomic mass is 10.3.